The maximum absolute atomic E-state index is 13.2. The monoisotopic (exact) mass is 1930 g/mol. The normalized spacial score (nSPS) is 18.2. The lowest BCUT2D eigenvalue weighted by molar-refractivity contribution is -0.163. The number of halogens is 4. The van der Waals surface area contributed by atoms with Crippen molar-refractivity contribution >= 4 is 81.8 Å². The highest BCUT2D eigenvalue weighted by Gasteiger charge is 2.53. The van der Waals surface area contributed by atoms with Crippen LogP contribution in [0.3, 0.4) is 0 Å². The average Bonchev–Trinajstić information content (AvgIpc) is 0.861. The molecule has 30 nitrogen and oxygen atoms in total. The van der Waals surface area contributed by atoms with Crippen LogP contribution < -0.4 is 30.7 Å². The fourth-order valence-electron chi connectivity index (χ4n) is 17.6. The molecule has 4 amide bonds. The summed E-state index contributed by atoms with van der Waals surface area (Å²) in [5.74, 6) is -2.04. The number of ketones is 3. The van der Waals surface area contributed by atoms with Gasteiger partial charge in [0.05, 0.1) is 163 Å². The number of anilines is 6. The number of fused-ring (bicyclic) bond motifs is 5. The van der Waals surface area contributed by atoms with Gasteiger partial charge < -0.3 is 63.9 Å². The predicted molar refractivity (Wildman–Crippen MR) is 512 cm³/mol. The molecule has 0 bridgehead atoms. The lowest BCUT2D eigenvalue weighted by Gasteiger charge is -2.40. The van der Waals surface area contributed by atoms with E-state index in [4.69, 9.17) is 68.3 Å². The van der Waals surface area contributed by atoms with Crippen molar-refractivity contribution in [3.63, 3.8) is 0 Å². The number of nitrogens with one attached hydrogen (secondary N) is 1. The number of Topliss-reactive ketones (excluding diaryl/α,β-unsaturated/α-hetero) is 3. The SMILES string of the molecule is CC(C)(C)OC(=O)N1CCCc2nc(C3(C(=O)Cc4ccc(F)cc4)COC3)ccc21.CC(C)(C)OC(=O)N1CCCc2nc(C3(C(=O)O)COC3)ccc21.CC(C)(C)OC(=O)N1CCCc2nc(C3(CO)COC3)ccc21.Nc1ccc(F)cc1.O=C(Cc1ccc(F)cc1)C1(c2ccc3c(n2)CCCN3)COC1.O=C(OC1CC1)N1CCCc2nc(C3(C(=O)Cc4ccc(F)cc4)COC3)ccc21. The first kappa shape index (κ1) is 102. The molecule has 5 N–H and O–H groups in total. The van der Waals surface area contributed by atoms with E-state index in [2.05, 4.69) is 10.3 Å². The van der Waals surface area contributed by atoms with E-state index in [1.165, 1.54) is 60.7 Å². The molecular weight excluding hydrogens is 1810 g/mol. The molecule has 0 atom stereocenters. The maximum atomic E-state index is 13.2. The Kier molecular flexibility index (Phi) is 31.1. The van der Waals surface area contributed by atoms with Crippen LogP contribution in [0.25, 0.3) is 0 Å². The summed E-state index contributed by atoms with van der Waals surface area (Å²) in [4.78, 5) is 131. The number of pyridine rings is 5. The lowest BCUT2D eigenvalue weighted by Crippen LogP contribution is -2.54. The molecule has 1 saturated carbocycles. The Morgan fingerprint density at radius 2 is 0.664 bits per heavy atom. The Bertz CT molecular complexity index is 5980. The first-order chi connectivity index (χ1) is 66.8. The van der Waals surface area contributed by atoms with Crippen LogP contribution in [0, 0.1) is 23.3 Å². The van der Waals surface area contributed by atoms with Crippen LogP contribution in [0.2, 0.25) is 0 Å². The van der Waals surface area contributed by atoms with Crippen LogP contribution in [0.4, 0.5) is 70.9 Å². The van der Waals surface area contributed by atoms with Gasteiger partial charge in [0, 0.05) is 57.7 Å². The third-order valence-corrected chi connectivity index (χ3v) is 25.9. The zero-order valence-corrected chi connectivity index (χ0v) is 80.5. The summed E-state index contributed by atoms with van der Waals surface area (Å²) in [6, 6.07) is 42.3. The summed E-state index contributed by atoms with van der Waals surface area (Å²) in [5.41, 5.74) is 14.6. The summed E-state index contributed by atoms with van der Waals surface area (Å²) in [6.07, 6.45) is 9.30. The van der Waals surface area contributed by atoms with E-state index in [0.29, 0.717) is 87.5 Å². The molecule has 4 aromatic carbocycles. The molecule has 1 aliphatic carbocycles. The first-order valence-corrected chi connectivity index (χ1v) is 47.6. The van der Waals surface area contributed by atoms with Gasteiger partial charge in [-0.1, -0.05) is 36.4 Å². The minimum atomic E-state index is -1.07. The van der Waals surface area contributed by atoms with E-state index in [0.717, 1.165) is 156 Å². The third kappa shape index (κ3) is 23.6. The number of aliphatic hydroxyl groups excluding tert-OH is 1. The van der Waals surface area contributed by atoms with Crippen molar-refractivity contribution in [2.24, 2.45) is 0 Å². The van der Waals surface area contributed by atoms with E-state index in [-0.39, 0.29) is 130 Å². The summed E-state index contributed by atoms with van der Waals surface area (Å²) in [7, 11) is 0. The molecule has 742 valence electrons. The number of carbonyl (C=O) groups is 8. The fourth-order valence-corrected chi connectivity index (χ4v) is 17.6. The van der Waals surface area contributed by atoms with Gasteiger partial charge in [0.2, 0.25) is 0 Å². The largest absolute Gasteiger partial charge is 0.480 e. The summed E-state index contributed by atoms with van der Waals surface area (Å²) in [5, 5.41) is 22.5. The smallest absolute Gasteiger partial charge is 0.414 e. The number of amides is 4. The number of carboxylic acids is 1. The number of rotatable bonds is 17. The van der Waals surface area contributed by atoms with Crippen molar-refractivity contribution in [3.8, 4) is 0 Å². The minimum absolute atomic E-state index is 0.00221. The van der Waals surface area contributed by atoms with Crippen LogP contribution in [-0.2, 0) is 140 Å². The van der Waals surface area contributed by atoms with Crippen molar-refractivity contribution in [3.05, 3.63) is 255 Å². The molecule has 20 rings (SSSR count). The second-order valence-corrected chi connectivity index (χ2v) is 40.2. The number of aliphatic carboxylic acids is 1. The van der Waals surface area contributed by atoms with E-state index in [1.54, 1.807) is 68.1 Å². The highest BCUT2D eigenvalue weighted by molar-refractivity contribution is 5.96. The van der Waals surface area contributed by atoms with Crippen LogP contribution in [0.1, 0.15) is 181 Å². The molecule has 6 fully saturated rings. The van der Waals surface area contributed by atoms with E-state index < -0.39 is 56.6 Å². The topological polar surface area (TPSA) is 376 Å². The minimum Gasteiger partial charge on any atom is -0.480 e. The van der Waals surface area contributed by atoms with Crippen molar-refractivity contribution in [2.45, 2.75) is 209 Å². The molecular formula is C106H121F4N11O19. The van der Waals surface area contributed by atoms with Crippen LogP contribution in [0.5, 0.6) is 0 Å². The summed E-state index contributed by atoms with van der Waals surface area (Å²) < 4.78 is 99.9. The number of hydrogen-bond donors (Lipinski definition) is 4. The Morgan fingerprint density at radius 3 is 0.950 bits per heavy atom. The molecule has 34 heteroatoms. The van der Waals surface area contributed by atoms with Crippen molar-refractivity contribution in [1.29, 1.82) is 0 Å². The zero-order valence-electron chi connectivity index (χ0n) is 80.5. The van der Waals surface area contributed by atoms with Crippen molar-refractivity contribution in [2.75, 3.05) is 136 Å². The molecule has 0 unspecified atom stereocenters. The number of aromatic nitrogens is 5. The number of ether oxygens (including phenoxy) is 9. The predicted octanol–water partition coefficient (Wildman–Crippen LogP) is 15.6. The van der Waals surface area contributed by atoms with E-state index in [1.807, 2.05) is 111 Å². The average molecular weight is 1930 g/mol. The van der Waals surface area contributed by atoms with Crippen LogP contribution in [0.15, 0.2) is 158 Å². The molecule has 15 heterocycles. The number of hydrogen-bond acceptors (Lipinski definition) is 25. The van der Waals surface area contributed by atoms with Gasteiger partial charge >= 0.3 is 30.3 Å². The Labute approximate surface area is 810 Å². The Hall–Kier alpha value is -12.7. The van der Waals surface area contributed by atoms with Crippen molar-refractivity contribution < 1.29 is 109 Å². The van der Waals surface area contributed by atoms with Gasteiger partial charge in [-0.3, -0.25) is 63.7 Å². The van der Waals surface area contributed by atoms with Gasteiger partial charge in [-0.2, -0.15) is 0 Å². The standard InChI is InChI=1S/C24H27FN2O4.C23H23FN2O4.C19H19FN2O2.C17H22N2O5.C17H24N2O4.C6H6FN/c1-23(2,3)31-22(29)27-12-4-5-18-19(27)10-11-20(26-18)24(14-30-15-24)21(28)13-16-6-8-17(25)9-7-16;24-16-5-3-15(4-6-16)12-21(27)23(13-29-14-23)20-10-9-19-18(25-20)2-1-11-26(19)22(28)30-17-7-8-17;20-14-5-3-13(4-6-14)10-18(23)19(11-24-12-19)17-8-7-15-16(22-17)2-1-9-21-15;1-16(2,3)24-15(22)19-8-4-5-11-12(19)6-7-13(18-11)17(14(20)21)9-23-10-17;1-16(2,3)23-15(21)19-8-4-5-12-13(19)6-7-14(18-12)17(9-20)10-22-11-17;7-5-1-3-6(8)4-2-5/h6-11H,4-5,12-15H2,1-3H3;3-6,9-10,17H,1-2,7-8,11-14H2;3-8,21H,1-2,9-12H2;6-7H,4-5,8-10H2,1-3H3,(H,20,21);6-7,20H,4-5,8-11H2,1-3H3;1-4H,8H2. The van der Waals surface area contributed by atoms with Gasteiger partial charge in [0.15, 0.2) is 22.8 Å². The summed E-state index contributed by atoms with van der Waals surface area (Å²) >= 11 is 0. The molecule has 0 spiro atoms. The summed E-state index contributed by atoms with van der Waals surface area (Å²) in [6.45, 7) is 23.0. The Balaban J connectivity index is 0.000000130. The highest BCUT2D eigenvalue weighted by atomic mass is 19.1. The van der Waals surface area contributed by atoms with Crippen LogP contribution >= 0.6 is 0 Å². The van der Waals surface area contributed by atoms with Gasteiger partial charge in [-0.25, -0.2) is 36.7 Å². The molecule has 5 saturated heterocycles. The molecule has 140 heavy (non-hydrogen) atoms. The number of aryl methyl sites for hydroxylation is 5. The number of aliphatic hydroxyl groups is 1. The third-order valence-electron chi connectivity index (χ3n) is 25.9. The van der Waals surface area contributed by atoms with E-state index >= 15 is 0 Å². The number of nitrogens with two attached hydrogens (primary N) is 1. The number of carbonyl (C=O) groups excluding carboxylic acids is 7. The second-order valence-electron chi connectivity index (χ2n) is 40.2. The maximum Gasteiger partial charge on any atom is 0.414 e. The lowest BCUT2D eigenvalue weighted by atomic mass is 9.75. The molecule has 5 aromatic heterocycles. The van der Waals surface area contributed by atoms with Gasteiger partial charge in [0.25, 0.3) is 0 Å². The first-order valence-electron chi connectivity index (χ1n) is 47.6. The number of nitrogens with zero attached hydrogens (tertiary/aromatic N) is 9. The quantitative estimate of drug-likeness (QED) is 0.0374. The zero-order chi connectivity index (χ0) is 99.7. The highest BCUT2D eigenvalue weighted by Crippen LogP contribution is 2.44. The van der Waals surface area contributed by atoms with Gasteiger partial charge in [-0.05, 0) is 277 Å². The molecule has 11 aliphatic rings. The fraction of sp³-hybridized carbons (Fsp3) is 0.462. The molecule has 9 aromatic rings. The Morgan fingerprint density at radius 1 is 0.379 bits per heavy atom. The number of nitrogen functional groups attached to an aromatic ring is 1. The second kappa shape index (κ2) is 42.8. The van der Waals surface area contributed by atoms with Gasteiger partial charge in [-0.15, -0.1) is 0 Å². The molecule has 0 radical (unpaired) electrons. The van der Waals surface area contributed by atoms with Crippen LogP contribution in [-0.4, -0.2) is 211 Å². The van der Waals surface area contributed by atoms with Crippen molar-refractivity contribution in [1.82, 2.24) is 24.9 Å². The molecule has 10 aliphatic heterocycles. The van der Waals surface area contributed by atoms with E-state index in [9.17, 15) is 66.1 Å². The number of carboxylic acid groups (broad SMARTS) is 1. The number of benzene rings is 4. The van der Waals surface area contributed by atoms with Gasteiger partial charge in [0.1, 0.15) is 62.4 Å².